The number of epoxide rings is 1. The first-order chi connectivity index (χ1) is 26.3. The van der Waals surface area contributed by atoms with Crippen molar-refractivity contribution in [2.45, 2.75) is 66.4 Å². The van der Waals surface area contributed by atoms with Crippen molar-refractivity contribution in [3.05, 3.63) is 115 Å². The molecule has 0 amide bonds. The highest BCUT2D eigenvalue weighted by atomic mass is 32.2. The van der Waals surface area contributed by atoms with Crippen LogP contribution in [-0.4, -0.2) is 102 Å². The van der Waals surface area contributed by atoms with Gasteiger partial charge in [0.05, 0.1) is 40.9 Å². The van der Waals surface area contributed by atoms with Gasteiger partial charge in [0.15, 0.2) is 0 Å². The van der Waals surface area contributed by atoms with Crippen molar-refractivity contribution in [3.63, 3.8) is 0 Å². The summed E-state index contributed by atoms with van der Waals surface area (Å²) in [4.78, 5) is 29.1. The Bertz CT molecular complexity index is 2300. The summed E-state index contributed by atoms with van der Waals surface area (Å²) in [6.07, 6.45) is -0.186. The molecule has 8 rings (SSSR count). The Morgan fingerprint density at radius 2 is 1.71 bits per heavy atom. The maximum absolute atomic E-state index is 13.7. The van der Waals surface area contributed by atoms with Gasteiger partial charge in [0.25, 0.3) is 0 Å². The van der Waals surface area contributed by atoms with Gasteiger partial charge in [-0.15, -0.1) is 22.7 Å². The standard InChI is InChI=1S/C39H42N4O9S3/c1-42(55(49,50)25-9-7-23(8-10-25)21-40-22-31(45)26-11-13-30(44)35-27(26)12-14-34(46)41-35)15-16-43(2)28-19-24(20-29(43)37-36(28)52-37)51-38(47)39(48,32-5-3-17-53-32)33-6-4-18-54-33/h3-14,17-18,24,28-29,31,36-37,40,45,48H,15-16,19-22H2,1-2H3,(H-,41,44,46)/t24?,28?,29?,31-,36?,37?,43?/m0/s1. The van der Waals surface area contributed by atoms with Crippen LogP contribution in [0.25, 0.3) is 10.9 Å². The molecule has 5 aromatic rings. The molecule has 3 saturated heterocycles. The van der Waals surface area contributed by atoms with Crippen LogP contribution >= 0.6 is 22.7 Å². The molecule has 55 heavy (non-hydrogen) atoms. The molecule has 4 N–H and O–H groups in total. The fourth-order valence-electron chi connectivity index (χ4n) is 8.45. The third-order valence-corrected chi connectivity index (χ3v) is 15.4. The molecule has 0 saturated carbocycles. The average molecular weight is 807 g/mol. The molecular formula is C39H42N4O9S3. The number of rotatable bonds is 14. The number of carbonyl (C=O) groups excluding carboxylic acids is 1. The molecule has 3 aliphatic rings. The Hall–Kier alpha value is -3.97. The minimum Gasteiger partial charge on any atom is -0.871 e. The molecule has 5 atom stereocenters. The Labute approximate surface area is 326 Å². The number of quaternary nitrogens is 1. The van der Waals surface area contributed by atoms with Crippen LogP contribution in [0.3, 0.4) is 0 Å². The number of morpholine rings is 1. The number of hydrogen-bond donors (Lipinski definition) is 4. The van der Waals surface area contributed by atoms with Gasteiger partial charge in [-0.2, -0.15) is 4.31 Å². The van der Waals surface area contributed by atoms with Gasteiger partial charge in [-0.1, -0.05) is 42.1 Å². The van der Waals surface area contributed by atoms with Gasteiger partial charge < -0.3 is 39.6 Å². The van der Waals surface area contributed by atoms with E-state index in [1.165, 1.54) is 45.2 Å². The second kappa shape index (κ2) is 14.5. The number of H-pyrrole nitrogens is 1. The molecule has 3 fully saturated rings. The van der Waals surface area contributed by atoms with Gasteiger partial charge in [0, 0.05) is 49.9 Å². The number of aromatic amines is 1. The van der Waals surface area contributed by atoms with Crippen molar-refractivity contribution in [2.75, 3.05) is 33.7 Å². The number of fused-ring (bicyclic) bond motifs is 6. The third-order valence-electron chi connectivity index (χ3n) is 11.6. The van der Waals surface area contributed by atoms with Crippen molar-refractivity contribution in [1.29, 1.82) is 0 Å². The molecule has 0 aliphatic carbocycles. The Morgan fingerprint density at radius 1 is 1.05 bits per heavy atom. The van der Waals surface area contributed by atoms with Crippen molar-refractivity contribution in [2.24, 2.45) is 0 Å². The Kier molecular flexibility index (Phi) is 10.0. The summed E-state index contributed by atoms with van der Waals surface area (Å²) in [6, 6.07) is 19.4. The van der Waals surface area contributed by atoms with Crippen LogP contribution in [0.15, 0.2) is 93.2 Å². The van der Waals surface area contributed by atoms with Crippen molar-refractivity contribution >= 4 is 49.6 Å². The third kappa shape index (κ3) is 6.83. The molecule has 2 aromatic carbocycles. The lowest BCUT2D eigenvalue weighted by Crippen LogP contribution is -2.64. The van der Waals surface area contributed by atoms with Crippen molar-refractivity contribution in [1.82, 2.24) is 14.6 Å². The van der Waals surface area contributed by atoms with Gasteiger partial charge in [0.2, 0.25) is 21.2 Å². The number of hydrogen-bond acceptors (Lipinski definition) is 12. The Morgan fingerprint density at radius 3 is 2.33 bits per heavy atom. The molecule has 290 valence electrons. The van der Waals surface area contributed by atoms with E-state index in [0.717, 1.165) is 5.56 Å². The first-order valence-electron chi connectivity index (χ1n) is 18.1. The summed E-state index contributed by atoms with van der Waals surface area (Å²) < 4.78 is 41.4. The lowest BCUT2D eigenvalue weighted by molar-refractivity contribution is -0.955. The molecule has 16 heteroatoms. The van der Waals surface area contributed by atoms with E-state index in [9.17, 15) is 33.3 Å². The van der Waals surface area contributed by atoms with Gasteiger partial charge in [0.1, 0.15) is 30.4 Å². The highest BCUT2D eigenvalue weighted by Gasteiger charge is 2.72. The summed E-state index contributed by atoms with van der Waals surface area (Å²) in [6.45, 7) is 1.37. The predicted molar refractivity (Wildman–Crippen MR) is 205 cm³/mol. The fraction of sp³-hybridized carbons (Fsp3) is 0.385. The molecule has 3 aliphatic heterocycles. The number of aliphatic hydroxyl groups is 2. The lowest BCUT2D eigenvalue weighted by Gasteiger charge is -2.48. The molecule has 2 bridgehead atoms. The van der Waals surface area contributed by atoms with E-state index in [0.29, 0.717) is 51.1 Å². The molecule has 13 nitrogen and oxygen atoms in total. The van der Waals surface area contributed by atoms with Crippen LogP contribution in [0.4, 0.5) is 0 Å². The zero-order valence-electron chi connectivity index (χ0n) is 30.2. The lowest BCUT2D eigenvalue weighted by atomic mass is 9.94. The number of aliphatic hydroxyl groups excluding tert-OH is 1. The average Bonchev–Trinajstić information content (AvgIpc) is 3.45. The van der Waals surface area contributed by atoms with Gasteiger partial charge in [-0.25, -0.2) is 13.2 Å². The summed E-state index contributed by atoms with van der Waals surface area (Å²) in [5, 5.41) is 42.1. The van der Waals surface area contributed by atoms with Gasteiger partial charge >= 0.3 is 5.97 Å². The number of pyridine rings is 1. The summed E-state index contributed by atoms with van der Waals surface area (Å²) >= 11 is 2.61. The summed E-state index contributed by atoms with van der Waals surface area (Å²) in [7, 11) is -0.0772. The normalized spacial score (nSPS) is 25.2. The van der Waals surface area contributed by atoms with Crippen LogP contribution in [0.2, 0.25) is 0 Å². The highest BCUT2D eigenvalue weighted by Crippen LogP contribution is 2.53. The first kappa shape index (κ1) is 37.9. The molecule has 4 unspecified atom stereocenters. The highest BCUT2D eigenvalue weighted by molar-refractivity contribution is 7.89. The topological polar surface area (TPSA) is 185 Å². The zero-order chi connectivity index (χ0) is 38.7. The minimum absolute atomic E-state index is 0.0216. The molecule has 0 radical (unpaired) electrons. The van der Waals surface area contributed by atoms with Gasteiger partial charge in [-0.05, 0) is 52.2 Å². The number of ether oxygens (including phenoxy) is 2. The number of nitrogens with one attached hydrogen (secondary N) is 2. The number of sulfonamides is 1. The summed E-state index contributed by atoms with van der Waals surface area (Å²) in [5.74, 6) is -1.01. The van der Waals surface area contributed by atoms with E-state index in [-0.39, 0.29) is 53.5 Å². The van der Waals surface area contributed by atoms with Crippen molar-refractivity contribution in [3.8, 4) is 5.75 Å². The van der Waals surface area contributed by atoms with Crippen LogP contribution in [0.1, 0.15) is 39.8 Å². The maximum Gasteiger partial charge on any atom is 0.349 e. The molecule has 3 aromatic heterocycles. The second-order valence-corrected chi connectivity index (χ2v) is 18.8. The van der Waals surface area contributed by atoms with E-state index in [1.807, 2.05) is 10.8 Å². The quantitative estimate of drug-likeness (QED) is 0.0740. The number of benzene rings is 2. The number of aromatic nitrogens is 1. The number of carbonyl (C=O) groups is 1. The monoisotopic (exact) mass is 806 g/mol. The minimum atomic E-state index is -3.80. The van der Waals surface area contributed by atoms with Crippen LogP contribution < -0.4 is 16.0 Å². The molecule has 0 spiro atoms. The number of piperidine rings is 1. The summed E-state index contributed by atoms with van der Waals surface area (Å²) in [5.41, 5.74) is -0.793. The van der Waals surface area contributed by atoms with Crippen molar-refractivity contribution < 1.29 is 42.5 Å². The number of esters is 1. The molecule has 6 heterocycles. The van der Waals surface area contributed by atoms with E-state index < -0.39 is 39.4 Å². The largest absolute Gasteiger partial charge is 0.871 e. The van der Waals surface area contributed by atoms with Crippen LogP contribution in [0, 0.1) is 0 Å². The smallest absolute Gasteiger partial charge is 0.349 e. The number of likely N-dealkylation sites (N-methyl/N-ethyl adjacent to an activating group) is 2. The van der Waals surface area contributed by atoms with E-state index in [1.54, 1.807) is 61.6 Å². The maximum atomic E-state index is 13.7. The predicted octanol–water partition coefficient (Wildman–Crippen LogP) is 2.77. The number of nitrogens with zero attached hydrogens (tertiary/aromatic N) is 2. The SMILES string of the molecule is CN(CC[N+]1(C)C2CC(OC(=O)C(O)(c3cccs3)c3cccs3)CC1C1OC12)S(=O)(=O)c1ccc(CNC[C@H](O)c2ccc([O-])c3[nH]c(=O)ccc23)cc1. The fourth-order valence-corrected chi connectivity index (χ4v) is 11.3. The number of thiophene rings is 2. The van der Waals surface area contributed by atoms with E-state index >= 15 is 0 Å². The Balaban J connectivity index is 0.863. The van der Waals surface area contributed by atoms with E-state index in [2.05, 4.69) is 17.3 Å². The van der Waals surface area contributed by atoms with Gasteiger partial charge in [-0.3, -0.25) is 4.79 Å². The second-order valence-electron chi connectivity index (χ2n) is 14.8. The van der Waals surface area contributed by atoms with E-state index in [4.69, 9.17) is 9.47 Å². The van der Waals surface area contributed by atoms with Crippen LogP contribution in [-0.2, 0) is 36.4 Å². The zero-order valence-corrected chi connectivity index (χ0v) is 32.6. The van der Waals surface area contributed by atoms with Crippen LogP contribution in [0.5, 0.6) is 5.75 Å². The first-order valence-corrected chi connectivity index (χ1v) is 21.3. The molecular weight excluding hydrogens is 765 g/mol.